The van der Waals surface area contributed by atoms with Crippen molar-refractivity contribution in [2.75, 3.05) is 24.3 Å². The van der Waals surface area contributed by atoms with Gasteiger partial charge in [-0.25, -0.2) is 13.2 Å². The van der Waals surface area contributed by atoms with E-state index < -0.39 is 56.9 Å². The maximum absolute atomic E-state index is 14.8. The van der Waals surface area contributed by atoms with Crippen molar-refractivity contribution >= 4 is 45.1 Å². The minimum Gasteiger partial charge on any atom is -0.348 e. The zero-order valence-corrected chi connectivity index (χ0v) is 27.3. The van der Waals surface area contributed by atoms with Gasteiger partial charge in [0.25, 0.3) is 21.9 Å². The second-order valence-corrected chi connectivity index (χ2v) is 13.3. The molecule has 47 heavy (non-hydrogen) atoms. The maximum atomic E-state index is 14.8. The van der Waals surface area contributed by atoms with Crippen LogP contribution < -0.4 is 15.5 Å². The minimum atomic E-state index is -3.53. The lowest BCUT2D eigenvalue weighted by molar-refractivity contribution is -0.122. The number of hydrogen-bond acceptors (Lipinski definition) is 6. The number of anilines is 1. The van der Waals surface area contributed by atoms with Gasteiger partial charge in [-0.05, 0) is 68.7 Å². The Morgan fingerprint density at radius 1 is 0.979 bits per heavy atom. The average Bonchev–Trinajstić information content (AvgIpc) is 3.18. The summed E-state index contributed by atoms with van der Waals surface area (Å²) in [4.78, 5) is 39.7. The summed E-state index contributed by atoms with van der Waals surface area (Å²) in [6.07, 6.45) is 1.74. The van der Waals surface area contributed by atoms with Crippen LogP contribution in [0, 0.1) is 29.3 Å². The van der Waals surface area contributed by atoms with Crippen molar-refractivity contribution in [3.05, 3.63) is 98.8 Å². The number of carbonyl (C=O) groups is 3. The van der Waals surface area contributed by atoms with Gasteiger partial charge in [-0.3, -0.25) is 18.6 Å². The number of nitrogens with zero attached hydrogens (tertiary/aromatic N) is 1. The number of hydrogen-bond donors (Lipinski definition) is 2. The number of nitrogens with one attached hydrogen (secondary N) is 2. The number of halogens is 4. The van der Waals surface area contributed by atoms with Crippen LogP contribution in [0.1, 0.15) is 59.3 Å². The highest BCUT2D eigenvalue weighted by atomic mass is 35.5. The molecule has 0 aliphatic carbocycles. The monoisotopic (exact) mass is 689 g/mol. The Kier molecular flexibility index (Phi) is 11.0. The standard InChI is InChI=1S/C33H31ClF3N3O6S/c1-33(2)24-11-10-21(17-29(24)40(32(33)43)19-23-25(34)7-6-8-26(23)35)31(42)39-18-22-27(36)15-20(16-28(22)37)9-12-30(41)38-13-4-5-14-46-47(3,44)45/h6-8,10-11,15-17H,4-5,13-14,18-19H2,1-3H3,(H,38,41)(H,39,42). The summed E-state index contributed by atoms with van der Waals surface area (Å²) in [6, 6.07) is 10.6. The second-order valence-electron chi connectivity index (χ2n) is 11.3. The van der Waals surface area contributed by atoms with E-state index in [1.807, 2.05) is 0 Å². The van der Waals surface area contributed by atoms with Crippen molar-refractivity contribution in [2.45, 2.75) is 45.2 Å². The van der Waals surface area contributed by atoms with Gasteiger partial charge in [0.2, 0.25) is 5.91 Å². The molecule has 0 fully saturated rings. The fourth-order valence-corrected chi connectivity index (χ4v) is 5.56. The van der Waals surface area contributed by atoms with Crippen LogP contribution in [0.5, 0.6) is 0 Å². The summed E-state index contributed by atoms with van der Waals surface area (Å²) in [5, 5.41) is 5.10. The van der Waals surface area contributed by atoms with Gasteiger partial charge >= 0.3 is 0 Å². The molecule has 0 unspecified atom stereocenters. The van der Waals surface area contributed by atoms with Crippen molar-refractivity contribution in [2.24, 2.45) is 0 Å². The van der Waals surface area contributed by atoms with Crippen molar-refractivity contribution < 1.29 is 40.2 Å². The van der Waals surface area contributed by atoms with E-state index in [0.29, 0.717) is 24.1 Å². The summed E-state index contributed by atoms with van der Waals surface area (Å²) in [5.74, 6) is 0.368. The third-order valence-corrected chi connectivity index (χ3v) is 8.37. The molecule has 1 aliphatic rings. The zero-order chi connectivity index (χ0) is 34.5. The quantitative estimate of drug-likeness (QED) is 0.171. The van der Waals surface area contributed by atoms with Gasteiger partial charge in [0.15, 0.2) is 0 Å². The van der Waals surface area contributed by atoms with Crippen LogP contribution in [-0.4, -0.2) is 45.5 Å². The minimum absolute atomic E-state index is 0.0240. The summed E-state index contributed by atoms with van der Waals surface area (Å²) in [7, 11) is -3.53. The smallest absolute Gasteiger partial charge is 0.296 e. The summed E-state index contributed by atoms with van der Waals surface area (Å²) in [5.41, 5.74) is -0.265. The van der Waals surface area contributed by atoms with Crippen LogP contribution in [0.3, 0.4) is 0 Å². The molecule has 248 valence electrons. The molecule has 2 N–H and O–H groups in total. The number of unbranched alkanes of at least 4 members (excludes halogenated alkanes) is 1. The van der Waals surface area contributed by atoms with E-state index in [4.69, 9.17) is 11.6 Å². The van der Waals surface area contributed by atoms with Crippen LogP contribution in [0.2, 0.25) is 5.02 Å². The number of rotatable bonds is 11. The van der Waals surface area contributed by atoms with Crippen LogP contribution in [0.25, 0.3) is 0 Å². The first-order valence-corrected chi connectivity index (χ1v) is 16.6. The molecular weight excluding hydrogens is 659 g/mol. The van der Waals surface area contributed by atoms with E-state index in [1.165, 1.54) is 35.2 Å². The van der Waals surface area contributed by atoms with Gasteiger partial charge < -0.3 is 15.5 Å². The van der Waals surface area contributed by atoms with Crippen LogP contribution in [-0.2, 0) is 42.4 Å². The molecule has 0 bridgehead atoms. The number of carbonyl (C=O) groups excluding carboxylic acids is 3. The highest BCUT2D eigenvalue weighted by molar-refractivity contribution is 7.85. The molecule has 9 nitrogen and oxygen atoms in total. The second kappa shape index (κ2) is 14.6. The Bertz CT molecular complexity index is 1860. The lowest BCUT2D eigenvalue weighted by atomic mass is 9.86. The molecule has 3 aromatic rings. The molecule has 14 heteroatoms. The molecule has 1 heterocycles. The van der Waals surface area contributed by atoms with E-state index >= 15 is 0 Å². The van der Waals surface area contributed by atoms with E-state index in [9.17, 15) is 36.0 Å². The first-order chi connectivity index (χ1) is 22.1. The fraction of sp³-hybridized carbons (Fsp3) is 0.303. The predicted molar refractivity (Wildman–Crippen MR) is 170 cm³/mol. The molecule has 0 saturated heterocycles. The van der Waals surface area contributed by atoms with E-state index in [1.54, 1.807) is 19.9 Å². The molecular formula is C33H31ClF3N3O6S. The lowest BCUT2D eigenvalue weighted by Gasteiger charge is -2.21. The Labute approximate surface area is 275 Å². The number of benzene rings is 3. The van der Waals surface area contributed by atoms with Crippen molar-refractivity contribution in [3.8, 4) is 11.8 Å². The van der Waals surface area contributed by atoms with Crippen molar-refractivity contribution in [1.29, 1.82) is 0 Å². The molecule has 0 atom stereocenters. The van der Waals surface area contributed by atoms with Gasteiger partial charge in [0.1, 0.15) is 17.5 Å². The molecule has 4 rings (SSSR count). The molecule has 0 radical (unpaired) electrons. The summed E-state index contributed by atoms with van der Waals surface area (Å²) in [6.45, 7) is 2.92. The van der Waals surface area contributed by atoms with Crippen molar-refractivity contribution in [1.82, 2.24) is 10.6 Å². The van der Waals surface area contributed by atoms with Gasteiger partial charge in [0.05, 0.1) is 24.8 Å². The van der Waals surface area contributed by atoms with E-state index in [-0.39, 0.29) is 47.3 Å². The normalized spacial score (nSPS) is 13.5. The Morgan fingerprint density at radius 2 is 1.68 bits per heavy atom. The van der Waals surface area contributed by atoms with Gasteiger partial charge in [-0.1, -0.05) is 29.7 Å². The van der Waals surface area contributed by atoms with Crippen molar-refractivity contribution in [3.63, 3.8) is 0 Å². The molecule has 0 aromatic heterocycles. The zero-order valence-electron chi connectivity index (χ0n) is 25.7. The fourth-order valence-electron chi connectivity index (χ4n) is 4.91. The molecule has 0 spiro atoms. The van der Waals surface area contributed by atoms with Crippen LogP contribution in [0.4, 0.5) is 18.9 Å². The van der Waals surface area contributed by atoms with Gasteiger partial charge in [0, 0.05) is 52.0 Å². The SMILES string of the molecule is CC1(C)C(=O)N(Cc2c(F)cccc2Cl)c2cc(C(=O)NCc3c(F)cc(C#CC(=O)NCCCCOS(C)(=O)=O)cc3F)ccc21. The third-order valence-electron chi connectivity index (χ3n) is 7.42. The van der Waals surface area contributed by atoms with Crippen LogP contribution in [0.15, 0.2) is 48.5 Å². The lowest BCUT2D eigenvalue weighted by Crippen LogP contribution is -2.36. The highest BCUT2D eigenvalue weighted by Gasteiger charge is 2.44. The predicted octanol–water partition coefficient (Wildman–Crippen LogP) is 4.74. The van der Waals surface area contributed by atoms with Crippen LogP contribution >= 0.6 is 11.6 Å². The average molecular weight is 690 g/mol. The number of fused-ring (bicyclic) bond motifs is 1. The first-order valence-electron chi connectivity index (χ1n) is 14.4. The van der Waals surface area contributed by atoms with E-state index in [2.05, 4.69) is 26.7 Å². The Balaban J connectivity index is 1.40. The molecule has 3 aromatic carbocycles. The number of amides is 3. The largest absolute Gasteiger partial charge is 0.348 e. The molecule has 0 saturated carbocycles. The summed E-state index contributed by atoms with van der Waals surface area (Å²) < 4.78 is 70.6. The highest BCUT2D eigenvalue weighted by Crippen LogP contribution is 2.43. The third kappa shape index (κ3) is 8.71. The van der Waals surface area contributed by atoms with Gasteiger partial charge in [-0.2, -0.15) is 8.42 Å². The van der Waals surface area contributed by atoms with E-state index in [0.717, 1.165) is 18.4 Å². The molecule has 1 aliphatic heterocycles. The first kappa shape index (κ1) is 35.5. The molecule has 3 amide bonds. The summed E-state index contributed by atoms with van der Waals surface area (Å²) >= 11 is 6.20. The Morgan fingerprint density at radius 3 is 2.34 bits per heavy atom. The van der Waals surface area contributed by atoms with Gasteiger partial charge in [-0.15, -0.1) is 0 Å². The maximum Gasteiger partial charge on any atom is 0.296 e. The Hall–Kier alpha value is -4.38. The topological polar surface area (TPSA) is 122 Å².